The molecule has 1 N–H and O–H groups in total. The number of hydrogen-bond acceptors (Lipinski definition) is 3. The molecule has 1 amide bonds. The normalized spacial score (nSPS) is 10.9. The summed E-state index contributed by atoms with van der Waals surface area (Å²) in [5.74, 6) is -4.49. The van der Waals surface area contributed by atoms with E-state index >= 15 is 0 Å². The van der Waals surface area contributed by atoms with Crippen molar-refractivity contribution in [1.29, 1.82) is 0 Å². The van der Waals surface area contributed by atoms with Crippen molar-refractivity contribution >= 4 is 28.4 Å². The Labute approximate surface area is 168 Å². The van der Waals surface area contributed by atoms with Gasteiger partial charge in [-0.05, 0) is 42.0 Å². The van der Waals surface area contributed by atoms with E-state index < -0.39 is 29.0 Å². The van der Waals surface area contributed by atoms with Gasteiger partial charge in [-0.2, -0.15) is 0 Å². The van der Waals surface area contributed by atoms with Crippen molar-refractivity contribution in [2.24, 2.45) is 0 Å². The van der Waals surface area contributed by atoms with Gasteiger partial charge in [0, 0.05) is 24.3 Å². The zero-order valence-corrected chi connectivity index (χ0v) is 15.4. The number of benzene rings is 2. The maximum absolute atomic E-state index is 13.8. The van der Waals surface area contributed by atoms with E-state index in [-0.39, 0.29) is 17.9 Å². The lowest BCUT2D eigenvalue weighted by Crippen LogP contribution is -2.24. The summed E-state index contributed by atoms with van der Waals surface area (Å²) in [5, 5.41) is 2.41. The Hall–Kier alpha value is -3.94. The topological polar surface area (TPSA) is 64.0 Å². The first-order valence-corrected chi connectivity index (χ1v) is 8.92. The fraction of sp³-hybridized carbons (Fsp3) is 0.0455. The SMILES string of the molecule is O=C(Nc1c(F)cccc1F)C(=O)c1cn(Cc2ccc(F)cc2)c2ncccc12. The van der Waals surface area contributed by atoms with Gasteiger partial charge < -0.3 is 9.88 Å². The highest BCUT2D eigenvalue weighted by molar-refractivity contribution is 6.48. The molecule has 8 heteroatoms. The lowest BCUT2D eigenvalue weighted by Gasteiger charge is -2.06. The summed E-state index contributed by atoms with van der Waals surface area (Å²) >= 11 is 0. The molecule has 0 bridgehead atoms. The van der Waals surface area contributed by atoms with E-state index in [0.717, 1.165) is 23.8 Å². The van der Waals surface area contributed by atoms with E-state index in [2.05, 4.69) is 4.98 Å². The summed E-state index contributed by atoms with van der Waals surface area (Å²) in [4.78, 5) is 29.4. The lowest BCUT2D eigenvalue weighted by molar-refractivity contribution is -0.112. The van der Waals surface area contributed by atoms with E-state index in [4.69, 9.17) is 0 Å². The van der Waals surface area contributed by atoms with Crippen molar-refractivity contribution in [3.8, 4) is 0 Å². The molecule has 30 heavy (non-hydrogen) atoms. The predicted octanol–water partition coefficient (Wildman–Crippen LogP) is 4.32. The Morgan fingerprint density at radius 2 is 1.63 bits per heavy atom. The molecule has 0 fully saturated rings. The number of para-hydroxylation sites is 1. The second kappa shape index (κ2) is 7.82. The van der Waals surface area contributed by atoms with Gasteiger partial charge in [0.05, 0.1) is 5.56 Å². The minimum absolute atomic E-state index is 0.0365. The van der Waals surface area contributed by atoms with Crippen LogP contribution < -0.4 is 5.32 Å². The first-order chi connectivity index (χ1) is 14.4. The molecule has 0 saturated carbocycles. The monoisotopic (exact) mass is 409 g/mol. The molecule has 0 aliphatic heterocycles. The highest BCUT2D eigenvalue weighted by atomic mass is 19.1. The van der Waals surface area contributed by atoms with Crippen molar-refractivity contribution < 1.29 is 22.8 Å². The van der Waals surface area contributed by atoms with Crippen LogP contribution in [-0.4, -0.2) is 21.2 Å². The van der Waals surface area contributed by atoms with Gasteiger partial charge in [0.1, 0.15) is 28.8 Å². The molecule has 4 rings (SSSR count). The van der Waals surface area contributed by atoms with Crippen LogP contribution in [0.15, 0.2) is 67.0 Å². The molecule has 0 aliphatic carbocycles. The summed E-state index contributed by atoms with van der Waals surface area (Å²) in [6.45, 7) is 0.282. The van der Waals surface area contributed by atoms with E-state index in [9.17, 15) is 22.8 Å². The molecule has 0 spiro atoms. The van der Waals surface area contributed by atoms with E-state index in [0.29, 0.717) is 11.0 Å². The van der Waals surface area contributed by atoms with Gasteiger partial charge in [-0.15, -0.1) is 0 Å². The summed E-state index contributed by atoms with van der Waals surface area (Å²) < 4.78 is 42.4. The van der Waals surface area contributed by atoms with Crippen molar-refractivity contribution in [3.05, 3.63) is 95.6 Å². The standard InChI is InChI=1S/C22H14F3N3O2/c23-14-8-6-13(7-9-14)11-28-12-16(15-3-2-10-26-21(15)28)20(29)22(30)27-19-17(24)4-1-5-18(19)25/h1-10,12H,11H2,(H,27,30). The minimum atomic E-state index is -1.18. The van der Waals surface area contributed by atoms with Crippen molar-refractivity contribution in [1.82, 2.24) is 9.55 Å². The number of hydrogen-bond donors (Lipinski definition) is 1. The zero-order chi connectivity index (χ0) is 21.3. The first kappa shape index (κ1) is 19.4. The van der Waals surface area contributed by atoms with Gasteiger partial charge in [0.2, 0.25) is 0 Å². The Bertz CT molecular complexity index is 1250. The second-order valence-corrected chi connectivity index (χ2v) is 6.55. The predicted molar refractivity (Wildman–Crippen MR) is 105 cm³/mol. The molecular formula is C22H14F3N3O2. The number of ketones is 1. The summed E-state index contributed by atoms with van der Waals surface area (Å²) in [6, 6.07) is 12.1. The number of nitrogens with one attached hydrogen (secondary N) is 1. The number of halogens is 3. The van der Waals surface area contributed by atoms with Crippen molar-refractivity contribution in [2.45, 2.75) is 6.54 Å². The molecule has 0 radical (unpaired) electrons. The Balaban J connectivity index is 1.67. The van der Waals surface area contributed by atoms with Crippen LogP contribution in [0.3, 0.4) is 0 Å². The maximum atomic E-state index is 13.8. The average Bonchev–Trinajstić information content (AvgIpc) is 3.10. The number of anilines is 1. The Kier molecular flexibility index (Phi) is 5.05. The Morgan fingerprint density at radius 1 is 0.933 bits per heavy atom. The van der Waals surface area contributed by atoms with E-state index in [1.54, 1.807) is 28.8 Å². The summed E-state index contributed by atoms with van der Waals surface area (Å²) in [7, 11) is 0. The molecule has 2 heterocycles. The molecule has 5 nitrogen and oxygen atoms in total. The molecule has 2 aromatic carbocycles. The molecule has 0 saturated heterocycles. The Morgan fingerprint density at radius 3 is 2.33 bits per heavy atom. The number of carbonyl (C=O) groups excluding carboxylic acids is 2. The van der Waals surface area contributed by atoms with Crippen LogP contribution >= 0.6 is 0 Å². The number of aromatic nitrogens is 2. The van der Waals surface area contributed by atoms with Gasteiger partial charge in [-0.1, -0.05) is 18.2 Å². The molecular weight excluding hydrogens is 395 g/mol. The van der Waals surface area contributed by atoms with Gasteiger partial charge in [-0.3, -0.25) is 9.59 Å². The van der Waals surface area contributed by atoms with Gasteiger partial charge >= 0.3 is 0 Å². The van der Waals surface area contributed by atoms with E-state index in [1.165, 1.54) is 24.5 Å². The number of carbonyl (C=O) groups is 2. The molecule has 150 valence electrons. The van der Waals surface area contributed by atoms with Gasteiger partial charge in [0.25, 0.3) is 11.7 Å². The highest BCUT2D eigenvalue weighted by Crippen LogP contribution is 2.23. The summed E-state index contributed by atoms with van der Waals surface area (Å²) in [5.41, 5.74) is 0.546. The van der Waals surface area contributed by atoms with Crippen LogP contribution in [-0.2, 0) is 11.3 Å². The van der Waals surface area contributed by atoms with Crippen LogP contribution in [0.5, 0.6) is 0 Å². The average molecular weight is 409 g/mol. The van der Waals surface area contributed by atoms with Crippen LogP contribution in [0.2, 0.25) is 0 Å². The van der Waals surface area contributed by atoms with Crippen LogP contribution in [0.4, 0.5) is 18.9 Å². The third-order valence-corrected chi connectivity index (χ3v) is 4.55. The highest BCUT2D eigenvalue weighted by Gasteiger charge is 2.24. The third kappa shape index (κ3) is 3.67. The quantitative estimate of drug-likeness (QED) is 0.394. The molecule has 0 unspecified atom stereocenters. The van der Waals surface area contributed by atoms with Crippen molar-refractivity contribution in [2.75, 3.05) is 5.32 Å². The second-order valence-electron chi connectivity index (χ2n) is 6.55. The van der Waals surface area contributed by atoms with E-state index in [1.807, 2.05) is 5.32 Å². The number of amides is 1. The molecule has 2 aromatic heterocycles. The number of nitrogens with zero attached hydrogens (tertiary/aromatic N) is 2. The zero-order valence-electron chi connectivity index (χ0n) is 15.4. The van der Waals surface area contributed by atoms with Crippen LogP contribution in [0.25, 0.3) is 11.0 Å². The number of fused-ring (bicyclic) bond motifs is 1. The van der Waals surface area contributed by atoms with Gasteiger partial charge in [-0.25, -0.2) is 18.2 Å². The maximum Gasteiger partial charge on any atom is 0.297 e. The van der Waals surface area contributed by atoms with Gasteiger partial charge in [0.15, 0.2) is 0 Å². The number of pyridine rings is 1. The van der Waals surface area contributed by atoms with Crippen molar-refractivity contribution in [3.63, 3.8) is 0 Å². The third-order valence-electron chi connectivity index (χ3n) is 4.55. The largest absolute Gasteiger partial charge is 0.327 e. The molecule has 4 aromatic rings. The summed E-state index contributed by atoms with van der Waals surface area (Å²) in [6.07, 6.45) is 2.98. The molecule has 0 atom stereocenters. The lowest BCUT2D eigenvalue weighted by atomic mass is 10.1. The van der Waals surface area contributed by atoms with Crippen LogP contribution in [0, 0.1) is 17.5 Å². The number of Topliss-reactive ketones (excluding diaryl/α,β-unsaturated/α-hetero) is 1. The number of rotatable bonds is 5. The minimum Gasteiger partial charge on any atom is -0.327 e. The van der Waals surface area contributed by atoms with Crippen LogP contribution in [0.1, 0.15) is 15.9 Å². The smallest absolute Gasteiger partial charge is 0.297 e. The fourth-order valence-electron chi connectivity index (χ4n) is 3.12. The molecule has 0 aliphatic rings. The fourth-order valence-corrected chi connectivity index (χ4v) is 3.12. The first-order valence-electron chi connectivity index (χ1n) is 8.92.